The summed E-state index contributed by atoms with van der Waals surface area (Å²) in [4.78, 5) is 2.66. The smallest absolute Gasteiger partial charge is 0.0303 e. The first kappa shape index (κ1) is 16.0. The molecule has 1 rings (SSSR count). The van der Waals surface area contributed by atoms with Gasteiger partial charge in [-0.2, -0.15) is 0 Å². The van der Waals surface area contributed by atoms with Crippen LogP contribution in [0.5, 0.6) is 0 Å². The van der Waals surface area contributed by atoms with Gasteiger partial charge in [-0.25, -0.2) is 0 Å². The third kappa shape index (κ3) is 3.96. The van der Waals surface area contributed by atoms with E-state index in [2.05, 4.69) is 46.4 Å². The number of rotatable bonds is 5. The monoisotopic (exact) mass is 254 g/mol. The van der Waals surface area contributed by atoms with Crippen molar-refractivity contribution in [3.63, 3.8) is 0 Å². The molecular formula is C16H34N2. The fraction of sp³-hybridized carbons (Fsp3) is 1.00. The molecule has 108 valence electrons. The Labute approximate surface area is 114 Å². The van der Waals surface area contributed by atoms with Gasteiger partial charge in [0.15, 0.2) is 0 Å². The van der Waals surface area contributed by atoms with E-state index in [1.165, 1.54) is 32.4 Å². The lowest BCUT2D eigenvalue weighted by atomic mass is 9.80. The molecule has 0 aromatic carbocycles. The predicted molar refractivity (Wildman–Crippen MR) is 80.7 cm³/mol. The van der Waals surface area contributed by atoms with Gasteiger partial charge in [0.2, 0.25) is 0 Å². The molecule has 0 spiro atoms. The van der Waals surface area contributed by atoms with Gasteiger partial charge in [0.1, 0.15) is 0 Å². The lowest BCUT2D eigenvalue weighted by Crippen LogP contribution is -2.51. The zero-order chi connectivity index (χ0) is 14.0. The topological polar surface area (TPSA) is 29.3 Å². The summed E-state index contributed by atoms with van der Waals surface area (Å²) in [6.45, 7) is 17.3. The average Bonchev–Trinajstić information content (AvgIpc) is 2.75. The van der Waals surface area contributed by atoms with Crippen molar-refractivity contribution in [3.05, 3.63) is 0 Å². The zero-order valence-corrected chi connectivity index (χ0v) is 13.4. The summed E-state index contributed by atoms with van der Waals surface area (Å²) in [7, 11) is 0. The minimum atomic E-state index is 0.213. The molecule has 0 aromatic rings. The zero-order valence-electron chi connectivity index (χ0n) is 13.4. The maximum absolute atomic E-state index is 6.09. The summed E-state index contributed by atoms with van der Waals surface area (Å²) in [6, 6.07) is 0. The molecule has 2 N–H and O–H groups in total. The normalized spacial score (nSPS) is 25.7. The highest BCUT2D eigenvalue weighted by molar-refractivity contribution is 4.94. The first-order valence-corrected chi connectivity index (χ1v) is 7.64. The summed E-state index contributed by atoms with van der Waals surface area (Å²) in [5.74, 6) is 1.60. The van der Waals surface area contributed by atoms with Crippen LogP contribution in [0.4, 0.5) is 0 Å². The van der Waals surface area contributed by atoms with Gasteiger partial charge in [0, 0.05) is 18.6 Å². The molecule has 2 heteroatoms. The van der Waals surface area contributed by atoms with Gasteiger partial charge < -0.3 is 5.73 Å². The van der Waals surface area contributed by atoms with Gasteiger partial charge in [0.05, 0.1) is 0 Å². The SMILES string of the molecule is CC(C)CCC(C)(CN)N1CCC(C(C)(C)C)C1. The molecular weight excluding hydrogens is 220 g/mol. The highest BCUT2D eigenvalue weighted by atomic mass is 15.2. The van der Waals surface area contributed by atoms with Crippen molar-refractivity contribution in [3.8, 4) is 0 Å². The number of hydrogen-bond donors (Lipinski definition) is 1. The molecule has 18 heavy (non-hydrogen) atoms. The van der Waals surface area contributed by atoms with Crippen LogP contribution in [0, 0.1) is 17.3 Å². The van der Waals surface area contributed by atoms with Gasteiger partial charge in [0.25, 0.3) is 0 Å². The average molecular weight is 254 g/mol. The first-order chi connectivity index (χ1) is 8.19. The minimum absolute atomic E-state index is 0.213. The molecule has 2 unspecified atom stereocenters. The largest absolute Gasteiger partial charge is 0.329 e. The van der Waals surface area contributed by atoms with E-state index in [0.717, 1.165) is 18.4 Å². The number of hydrogen-bond acceptors (Lipinski definition) is 2. The van der Waals surface area contributed by atoms with E-state index in [9.17, 15) is 0 Å². The summed E-state index contributed by atoms with van der Waals surface area (Å²) in [5.41, 5.74) is 6.73. The maximum Gasteiger partial charge on any atom is 0.0303 e. The quantitative estimate of drug-likeness (QED) is 0.813. The second kappa shape index (κ2) is 5.92. The predicted octanol–water partition coefficient (Wildman–Crippen LogP) is 3.51. The van der Waals surface area contributed by atoms with Crippen molar-refractivity contribution >= 4 is 0 Å². The van der Waals surface area contributed by atoms with Crippen LogP contribution in [0.15, 0.2) is 0 Å². The summed E-state index contributed by atoms with van der Waals surface area (Å²) < 4.78 is 0. The molecule has 0 bridgehead atoms. The highest BCUT2D eigenvalue weighted by Gasteiger charge is 2.39. The standard InChI is InChI=1S/C16H34N2/c1-13(2)7-9-16(6,12-17)18-10-8-14(11-18)15(3,4)5/h13-14H,7-12,17H2,1-6H3. The maximum atomic E-state index is 6.09. The van der Waals surface area contributed by atoms with Crippen LogP contribution in [0.2, 0.25) is 0 Å². The Morgan fingerprint density at radius 3 is 2.22 bits per heavy atom. The van der Waals surface area contributed by atoms with Crippen molar-refractivity contribution in [2.45, 2.75) is 66.3 Å². The van der Waals surface area contributed by atoms with E-state index in [1.54, 1.807) is 0 Å². The van der Waals surface area contributed by atoms with Crippen LogP contribution in [0.25, 0.3) is 0 Å². The molecule has 1 heterocycles. The Bertz CT molecular complexity index is 254. The van der Waals surface area contributed by atoms with Crippen LogP contribution in [-0.4, -0.2) is 30.1 Å². The molecule has 0 aliphatic carbocycles. The van der Waals surface area contributed by atoms with E-state index in [-0.39, 0.29) is 5.54 Å². The van der Waals surface area contributed by atoms with Gasteiger partial charge in [-0.1, -0.05) is 34.6 Å². The molecule has 2 nitrogen and oxygen atoms in total. The van der Waals surface area contributed by atoms with Crippen molar-refractivity contribution in [2.75, 3.05) is 19.6 Å². The van der Waals surface area contributed by atoms with E-state index in [1.807, 2.05) is 0 Å². The van der Waals surface area contributed by atoms with Gasteiger partial charge in [-0.15, -0.1) is 0 Å². The van der Waals surface area contributed by atoms with Crippen molar-refractivity contribution in [2.24, 2.45) is 23.0 Å². The van der Waals surface area contributed by atoms with Crippen LogP contribution >= 0.6 is 0 Å². The minimum Gasteiger partial charge on any atom is -0.329 e. The molecule has 0 radical (unpaired) electrons. The summed E-state index contributed by atoms with van der Waals surface area (Å²) in [5, 5.41) is 0. The third-order valence-electron chi connectivity index (χ3n) is 4.88. The van der Waals surface area contributed by atoms with Gasteiger partial charge >= 0.3 is 0 Å². The number of nitrogens with zero attached hydrogens (tertiary/aromatic N) is 1. The molecule has 1 fully saturated rings. The lowest BCUT2D eigenvalue weighted by Gasteiger charge is -2.39. The molecule has 1 aliphatic heterocycles. The molecule has 0 aromatic heterocycles. The van der Waals surface area contributed by atoms with Crippen LogP contribution in [0.3, 0.4) is 0 Å². The fourth-order valence-corrected chi connectivity index (χ4v) is 2.95. The molecule has 2 atom stereocenters. The molecule has 1 saturated heterocycles. The summed E-state index contributed by atoms with van der Waals surface area (Å²) >= 11 is 0. The Hall–Kier alpha value is -0.0800. The third-order valence-corrected chi connectivity index (χ3v) is 4.88. The van der Waals surface area contributed by atoms with Crippen LogP contribution in [-0.2, 0) is 0 Å². The Balaban J connectivity index is 2.62. The van der Waals surface area contributed by atoms with Gasteiger partial charge in [-0.3, -0.25) is 4.90 Å². The molecule has 0 saturated carbocycles. The van der Waals surface area contributed by atoms with E-state index < -0.39 is 0 Å². The first-order valence-electron chi connectivity index (χ1n) is 7.64. The van der Waals surface area contributed by atoms with Crippen molar-refractivity contribution < 1.29 is 0 Å². The van der Waals surface area contributed by atoms with Crippen molar-refractivity contribution in [1.82, 2.24) is 4.90 Å². The Kier molecular flexibility index (Phi) is 5.25. The lowest BCUT2D eigenvalue weighted by molar-refractivity contribution is 0.109. The van der Waals surface area contributed by atoms with Crippen LogP contribution < -0.4 is 5.73 Å². The summed E-state index contributed by atoms with van der Waals surface area (Å²) in [6.07, 6.45) is 3.85. The second-order valence-corrected chi connectivity index (χ2v) is 7.93. The van der Waals surface area contributed by atoms with Crippen molar-refractivity contribution in [1.29, 1.82) is 0 Å². The van der Waals surface area contributed by atoms with E-state index >= 15 is 0 Å². The van der Waals surface area contributed by atoms with E-state index in [4.69, 9.17) is 5.73 Å². The van der Waals surface area contributed by atoms with Gasteiger partial charge in [-0.05, 0) is 50.0 Å². The molecule has 1 aliphatic rings. The molecule has 0 amide bonds. The van der Waals surface area contributed by atoms with E-state index in [0.29, 0.717) is 5.41 Å². The fourth-order valence-electron chi connectivity index (χ4n) is 2.95. The highest BCUT2D eigenvalue weighted by Crippen LogP contribution is 2.37. The second-order valence-electron chi connectivity index (χ2n) is 7.93. The number of likely N-dealkylation sites (tertiary alicyclic amines) is 1. The van der Waals surface area contributed by atoms with Crippen LogP contribution in [0.1, 0.15) is 60.8 Å². The number of nitrogens with two attached hydrogens (primary N) is 1. The Morgan fingerprint density at radius 1 is 1.22 bits per heavy atom. The Morgan fingerprint density at radius 2 is 1.83 bits per heavy atom.